The molecule has 1 aliphatic rings. The highest BCUT2D eigenvalue weighted by Crippen LogP contribution is 2.34. The maximum atomic E-state index is 13.0. The zero-order valence-corrected chi connectivity index (χ0v) is 18.5. The second-order valence-corrected chi connectivity index (χ2v) is 8.01. The normalized spacial score (nSPS) is 15.8. The van der Waals surface area contributed by atoms with E-state index in [1.165, 1.54) is 13.2 Å². The van der Waals surface area contributed by atoms with Gasteiger partial charge >= 0.3 is 6.03 Å². The van der Waals surface area contributed by atoms with Gasteiger partial charge in [-0.1, -0.05) is 22.0 Å². The van der Waals surface area contributed by atoms with Gasteiger partial charge in [-0.15, -0.1) is 0 Å². The van der Waals surface area contributed by atoms with Gasteiger partial charge in [0, 0.05) is 10.0 Å². The Kier molecular flexibility index (Phi) is 5.71. The number of benzene rings is 2. The number of amides is 4. The molecule has 2 aromatic carbocycles. The van der Waals surface area contributed by atoms with E-state index in [1.807, 2.05) is 19.9 Å². The highest BCUT2D eigenvalue weighted by molar-refractivity contribution is 9.11. The van der Waals surface area contributed by atoms with Crippen molar-refractivity contribution in [2.45, 2.75) is 13.8 Å². The lowest BCUT2D eigenvalue weighted by molar-refractivity contribution is -0.122. The molecule has 1 N–H and O–H groups in total. The number of nitrogens with zero attached hydrogens (tertiary/aromatic N) is 1. The smallest absolute Gasteiger partial charge is 0.335 e. The van der Waals surface area contributed by atoms with E-state index in [0.717, 1.165) is 20.5 Å². The Hall–Kier alpha value is -2.45. The van der Waals surface area contributed by atoms with Gasteiger partial charge in [0.2, 0.25) is 0 Å². The van der Waals surface area contributed by atoms with E-state index in [2.05, 4.69) is 37.2 Å². The van der Waals surface area contributed by atoms with Crippen molar-refractivity contribution in [1.82, 2.24) is 5.32 Å². The molecule has 1 saturated heterocycles. The number of rotatable bonds is 3. The van der Waals surface area contributed by atoms with Crippen LogP contribution in [0.1, 0.15) is 16.7 Å². The van der Waals surface area contributed by atoms with Crippen molar-refractivity contribution in [1.29, 1.82) is 0 Å². The van der Waals surface area contributed by atoms with Crippen molar-refractivity contribution < 1.29 is 19.1 Å². The number of aryl methyl sites for hydroxylation is 2. The Labute approximate surface area is 178 Å². The van der Waals surface area contributed by atoms with Crippen LogP contribution in [0, 0.1) is 13.8 Å². The molecule has 0 radical (unpaired) electrons. The molecule has 0 bridgehead atoms. The number of ether oxygens (including phenoxy) is 1. The average molecular weight is 508 g/mol. The molecule has 3 rings (SSSR count). The van der Waals surface area contributed by atoms with Crippen LogP contribution < -0.4 is 15.0 Å². The first-order valence-corrected chi connectivity index (χ1v) is 9.83. The Balaban J connectivity index is 2.10. The number of methoxy groups -OCH3 is 1. The Morgan fingerprint density at radius 2 is 1.75 bits per heavy atom. The van der Waals surface area contributed by atoms with Crippen LogP contribution >= 0.6 is 31.9 Å². The molecule has 2 aromatic rings. The van der Waals surface area contributed by atoms with Gasteiger partial charge in [0.05, 0.1) is 17.3 Å². The van der Waals surface area contributed by atoms with Gasteiger partial charge in [0.15, 0.2) is 0 Å². The number of hydrogen-bond donors (Lipinski definition) is 1. The highest BCUT2D eigenvalue weighted by atomic mass is 79.9. The fraction of sp³-hybridized carbons (Fsp3) is 0.150. The predicted molar refractivity (Wildman–Crippen MR) is 113 cm³/mol. The van der Waals surface area contributed by atoms with Crippen LogP contribution in [0.2, 0.25) is 0 Å². The van der Waals surface area contributed by atoms with Crippen LogP contribution in [0.3, 0.4) is 0 Å². The molecule has 6 nitrogen and oxygen atoms in total. The van der Waals surface area contributed by atoms with Crippen LogP contribution in [0.5, 0.6) is 5.75 Å². The van der Waals surface area contributed by atoms with Crippen molar-refractivity contribution in [3.8, 4) is 5.75 Å². The summed E-state index contributed by atoms with van der Waals surface area (Å²) in [6.45, 7) is 3.82. The second kappa shape index (κ2) is 7.89. The molecular formula is C20H16Br2N2O4. The lowest BCUT2D eigenvalue weighted by Gasteiger charge is -2.27. The number of carbonyl (C=O) groups is 3. The third-order valence-corrected chi connectivity index (χ3v) is 5.44. The Morgan fingerprint density at radius 3 is 2.39 bits per heavy atom. The number of anilines is 1. The van der Waals surface area contributed by atoms with Gasteiger partial charge in [-0.05, 0) is 71.2 Å². The van der Waals surface area contributed by atoms with Gasteiger partial charge in [-0.3, -0.25) is 14.9 Å². The first-order valence-electron chi connectivity index (χ1n) is 8.24. The lowest BCUT2D eigenvalue weighted by atomic mass is 10.0. The van der Waals surface area contributed by atoms with Crippen molar-refractivity contribution in [2.75, 3.05) is 12.0 Å². The summed E-state index contributed by atoms with van der Waals surface area (Å²) in [6, 6.07) is 7.94. The minimum atomic E-state index is -0.780. The topological polar surface area (TPSA) is 75.7 Å². The zero-order valence-electron chi connectivity index (χ0n) is 15.3. The van der Waals surface area contributed by atoms with Gasteiger partial charge in [-0.2, -0.15) is 0 Å². The summed E-state index contributed by atoms with van der Waals surface area (Å²) < 4.78 is 6.76. The van der Waals surface area contributed by atoms with Crippen molar-refractivity contribution in [3.63, 3.8) is 0 Å². The molecule has 0 spiro atoms. The molecule has 8 heteroatoms. The molecule has 1 fully saturated rings. The van der Waals surface area contributed by atoms with E-state index in [0.29, 0.717) is 21.5 Å². The lowest BCUT2D eigenvalue weighted by Crippen LogP contribution is -2.54. The fourth-order valence-corrected chi connectivity index (χ4v) is 4.24. The number of urea groups is 1. The van der Waals surface area contributed by atoms with Gasteiger partial charge in [0.1, 0.15) is 11.3 Å². The molecule has 1 aliphatic heterocycles. The van der Waals surface area contributed by atoms with Gasteiger partial charge < -0.3 is 4.74 Å². The molecular weight excluding hydrogens is 492 g/mol. The van der Waals surface area contributed by atoms with Crippen molar-refractivity contribution in [2.24, 2.45) is 0 Å². The largest absolute Gasteiger partial charge is 0.495 e. The summed E-state index contributed by atoms with van der Waals surface area (Å²) in [7, 11) is 1.49. The van der Waals surface area contributed by atoms with E-state index in [9.17, 15) is 14.4 Å². The molecule has 28 heavy (non-hydrogen) atoms. The van der Waals surface area contributed by atoms with Crippen molar-refractivity contribution >= 4 is 61.5 Å². The first-order chi connectivity index (χ1) is 13.2. The number of barbiturate groups is 1. The minimum Gasteiger partial charge on any atom is -0.495 e. The second-order valence-electron chi connectivity index (χ2n) is 6.24. The fourth-order valence-electron chi connectivity index (χ4n) is 2.81. The molecule has 0 aromatic heterocycles. The number of nitrogens with one attached hydrogen (secondary N) is 1. The number of imide groups is 2. The predicted octanol–water partition coefficient (Wildman–Crippen LogP) is 4.50. The van der Waals surface area contributed by atoms with E-state index in [1.54, 1.807) is 24.3 Å². The number of halogens is 2. The van der Waals surface area contributed by atoms with Crippen LogP contribution in [-0.2, 0) is 9.59 Å². The maximum Gasteiger partial charge on any atom is 0.335 e. The quantitative estimate of drug-likeness (QED) is 0.490. The van der Waals surface area contributed by atoms with Gasteiger partial charge in [-0.25, -0.2) is 9.69 Å². The molecule has 1 heterocycles. The third-order valence-electron chi connectivity index (χ3n) is 4.39. The standard InChI is InChI=1S/C20H16Br2N2O4/c1-10-4-5-14(6-11(10)2)24-19(26)15(18(25)23-20(24)27)8-12-7-13(21)9-16(22)17(12)28-3/h4-9H,1-3H3,(H,23,25,27)/b15-8+. The maximum absolute atomic E-state index is 13.0. The summed E-state index contributed by atoms with van der Waals surface area (Å²) in [5.74, 6) is -0.991. The zero-order chi connectivity index (χ0) is 20.6. The van der Waals surface area contributed by atoms with E-state index >= 15 is 0 Å². The molecule has 0 atom stereocenters. The Bertz CT molecular complexity index is 1050. The summed E-state index contributed by atoms with van der Waals surface area (Å²) in [4.78, 5) is 38.7. The highest BCUT2D eigenvalue weighted by Gasteiger charge is 2.37. The van der Waals surface area contributed by atoms with Crippen molar-refractivity contribution in [3.05, 3.63) is 61.5 Å². The SMILES string of the molecule is COc1c(Br)cc(Br)cc1/C=C1\C(=O)NC(=O)N(c2ccc(C)c(C)c2)C1=O. The van der Waals surface area contributed by atoms with Crippen LogP contribution in [0.4, 0.5) is 10.5 Å². The number of hydrogen-bond acceptors (Lipinski definition) is 4. The average Bonchev–Trinajstić information content (AvgIpc) is 2.61. The van der Waals surface area contributed by atoms with Crippen LogP contribution in [0.25, 0.3) is 6.08 Å². The minimum absolute atomic E-state index is 0.166. The summed E-state index contributed by atoms with van der Waals surface area (Å²) >= 11 is 6.77. The van der Waals surface area contributed by atoms with E-state index < -0.39 is 17.8 Å². The molecule has 0 saturated carbocycles. The van der Waals surface area contributed by atoms with E-state index in [4.69, 9.17) is 4.74 Å². The molecule has 4 amide bonds. The molecule has 0 aliphatic carbocycles. The summed E-state index contributed by atoms with van der Waals surface area (Å²) in [6.07, 6.45) is 1.41. The van der Waals surface area contributed by atoms with Crippen LogP contribution in [-0.4, -0.2) is 25.0 Å². The van der Waals surface area contributed by atoms with Crippen LogP contribution in [0.15, 0.2) is 44.9 Å². The summed E-state index contributed by atoms with van der Waals surface area (Å²) in [5.41, 5.74) is 2.70. The van der Waals surface area contributed by atoms with Gasteiger partial charge in [0.25, 0.3) is 11.8 Å². The third kappa shape index (κ3) is 3.74. The number of carbonyl (C=O) groups excluding carboxylic acids is 3. The summed E-state index contributed by atoms with van der Waals surface area (Å²) in [5, 5.41) is 2.22. The molecule has 0 unspecified atom stereocenters. The first kappa shape index (κ1) is 20.3. The monoisotopic (exact) mass is 506 g/mol. The Morgan fingerprint density at radius 1 is 1.04 bits per heavy atom. The van der Waals surface area contributed by atoms with E-state index in [-0.39, 0.29) is 5.57 Å². The molecule has 144 valence electrons.